The summed E-state index contributed by atoms with van der Waals surface area (Å²) in [6.45, 7) is 0. The lowest BCUT2D eigenvalue weighted by atomic mass is 10.1. The van der Waals surface area contributed by atoms with Gasteiger partial charge in [-0.2, -0.15) is 0 Å². The summed E-state index contributed by atoms with van der Waals surface area (Å²) in [5, 5.41) is 10.9. The van der Waals surface area contributed by atoms with Gasteiger partial charge < -0.3 is 4.74 Å². The summed E-state index contributed by atoms with van der Waals surface area (Å²) in [5.74, 6) is 0.789. The van der Waals surface area contributed by atoms with Gasteiger partial charge in [0.1, 0.15) is 11.4 Å². The van der Waals surface area contributed by atoms with Crippen LogP contribution in [-0.4, -0.2) is 22.1 Å². The molecule has 4 heteroatoms. The van der Waals surface area contributed by atoms with Crippen molar-refractivity contribution in [1.29, 1.82) is 0 Å². The highest BCUT2D eigenvalue weighted by Gasteiger charge is 2.11. The topological polar surface area (TPSA) is 39.9 Å². The van der Waals surface area contributed by atoms with Crippen molar-refractivity contribution in [2.45, 2.75) is 0 Å². The minimum absolute atomic E-state index is 0.787. The number of methoxy groups -OCH3 is 1. The Labute approximate surface area is 134 Å². The molecule has 3 aromatic carbocycles. The monoisotopic (exact) mass is 301 g/mol. The molecule has 0 fully saturated rings. The van der Waals surface area contributed by atoms with E-state index in [0.29, 0.717) is 0 Å². The Balaban J connectivity index is 1.84. The van der Waals surface area contributed by atoms with Crippen molar-refractivity contribution < 1.29 is 4.74 Å². The molecular formula is C19H15N3O. The SMILES string of the molecule is COc1ccccc1-c1cn(-c2cccc3ccccc23)nn1. The number of hydrogen-bond donors (Lipinski definition) is 0. The van der Waals surface area contributed by atoms with Crippen molar-refractivity contribution in [3.05, 3.63) is 72.9 Å². The van der Waals surface area contributed by atoms with Crippen molar-refractivity contribution in [2.24, 2.45) is 0 Å². The van der Waals surface area contributed by atoms with E-state index in [0.717, 1.165) is 28.1 Å². The van der Waals surface area contributed by atoms with E-state index in [-0.39, 0.29) is 0 Å². The fourth-order valence-corrected chi connectivity index (χ4v) is 2.77. The Morgan fingerprint density at radius 1 is 0.870 bits per heavy atom. The van der Waals surface area contributed by atoms with Crippen LogP contribution in [0.15, 0.2) is 72.9 Å². The van der Waals surface area contributed by atoms with Gasteiger partial charge in [-0.25, -0.2) is 4.68 Å². The third-order valence-electron chi connectivity index (χ3n) is 3.89. The third kappa shape index (κ3) is 2.34. The quantitative estimate of drug-likeness (QED) is 0.572. The Morgan fingerprint density at radius 3 is 2.57 bits per heavy atom. The molecule has 4 rings (SSSR count). The highest BCUT2D eigenvalue weighted by atomic mass is 16.5. The van der Waals surface area contributed by atoms with E-state index in [1.807, 2.05) is 59.4 Å². The van der Waals surface area contributed by atoms with Crippen LogP contribution in [0.25, 0.3) is 27.7 Å². The zero-order valence-electron chi connectivity index (χ0n) is 12.7. The summed E-state index contributed by atoms with van der Waals surface area (Å²) in [4.78, 5) is 0. The van der Waals surface area contributed by atoms with E-state index in [1.165, 1.54) is 5.39 Å². The Morgan fingerprint density at radius 2 is 1.65 bits per heavy atom. The van der Waals surface area contributed by atoms with Crippen molar-refractivity contribution in [1.82, 2.24) is 15.0 Å². The molecular weight excluding hydrogens is 286 g/mol. The first-order valence-electron chi connectivity index (χ1n) is 7.41. The zero-order chi connectivity index (χ0) is 15.6. The molecule has 0 bridgehead atoms. The van der Waals surface area contributed by atoms with Crippen LogP contribution in [0.5, 0.6) is 5.75 Å². The largest absolute Gasteiger partial charge is 0.496 e. The van der Waals surface area contributed by atoms with Crippen molar-refractivity contribution in [3.63, 3.8) is 0 Å². The second-order valence-corrected chi connectivity index (χ2v) is 5.25. The van der Waals surface area contributed by atoms with Gasteiger partial charge in [0.05, 0.1) is 19.0 Å². The summed E-state index contributed by atoms with van der Waals surface area (Å²) >= 11 is 0. The second kappa shape index (κ2) is 5.57. The van der Waals surface area contributed by atoms with Gasteiger partial charge in [-0.05, 0) is 23.6 Å². The minimum Gasteiger partial charge on any atom is -0.496 e. The van der Waals surface area contributed by atoms with Crippen molar-refractivity contribution >= 4 is 10.8 Å². The number of ether oxygens (including phenoxy) is 1. The van der Waals surface area contributed by atoms with Gasteiger partial charge in [-0.3, -0.25) is 0 Å². The summed E-state index contributed by atoms with van der Waals surface area (Å²) in [7, 11) is 1.66. The number of rotatable bonds is 3. The Bertz CT molecular complexity index is 970. The van der Waals surface area contributed by atoms with Crippen LogP contribution in [-0.2, 0) is 0 Å². The average Bonchev–Trinajstić information content (AvgIpc) is 3.11. The second-order valence-electron chi connectivity index (χ2n) is 5.25. The molecule has 0 aliphatic heterocycles. The van der Waals surface area contributed by atoms with E-state index in [1.54, 1.807) is 7.11 Å². The number of benzene rings is 3. The van der Waals surface area contributed by atoms with Crippen LogP contribution in [0.2, 0.25) is 0 Å². The van der Waals surface area contributed by atoms with Gasteiger partial charge in [0.15, 0.2) is 0 Å². The average molecular weight is 301 g/mol. The molecule has 4 aromatic rings. The molecule has 0 N–H and O–H groups in total. The molecule has 1 aromatic heterocycles. The normalized spacial score (nSPS) is 10.8. The van der Waals surface area contributed by atoms with Crippen LogP contribution in [0, 0.1) is 0 Å². The smallest absolute Gasteiger partial charge is 0.128 e. The van der Waals surface area contributed by atoms with E-state index >= 15 is 0 Å². The molecule has 1 heterocycles. The number of nitrogens with zero attached hydrogens (tertiary/aromatic N) is 3. The predicted octanol–water partition coefficient (Wildman–Crippen LogP) is 4.10. The first-order valence-corrected chi connectivity index (χ1v) is 7.41. The highest BCUT2D eigenvalue weighted by Crippen LogP contribution is 2.29. The van der Waals surface area contributed by atoms with Gasteiger partial charge >= 0.3 is 0 Å². The molecule has 0 saturated carbocycles. The molecule has 0 unspecified atom stereocenters. The lowest BCUT2D eigenvalue weighted by Gasteiger charge is -2.06. The molecule has 0 atom stereocenters. The third-order valence-corrected chi connectivity index (χ3v) is 3.89. The van der Waals surface area contributed by atoms with E-state index < -0.39 is 0 Å². The van der Waals surface area contributed by atoms with Crippen LogP contribution in [0.3, 0.4) is 0 Å². The first kappa shape index (κ1) is 13.5. The Kier molecular flexibility index (Phi) is 3.27. The molecule has 0 amide bonds. The molecule has 0 saturated heterocycles. The van der Waals surface area contributed by atoms with Crippen LogP contribution >= 0.6 is 0 Å². The molecule has 4 nitrogen and oxygen atoms in total. The predicted molar refractivity (Wildman–Crippen MR) is 90.9 cm³/mol. The summed E-state index contributed by atoms with van der Waals surface area (Å²) in [6, 6.07) is 22.2. The fourth-order valence-electron chi connectivity index (χ4n) is 2.77. The van der Waals surface area contributed by atoms with Crippen LogP contribution in [0.1, 0.15) is 0 Å². The van der Waals surface area contributed by atoms with Crippen LogP contribution in [0.4, 0.5) is 0 Å². The number of aromatic nitrogens is 3. The van der Waals surface area contributed by atoms with Gasteiger partial charge in [0.25, 0.3) is 0 Å². The molecule has 0 radical (unpaired) electrons. The fraction of sp³-hybridized carbons (Fsp3) is 0.0526. The standard InChI is InChI=1S/C19H15N3O/c1-23-19-12-5-4-10-16(19)17-13-22(21-20-17)18-11-6-8-14-7-2-3-9-15(14)18/h2-13H,1H3. The first-order chi connectivity index (χ1) is 11.4. The molecule has 0 spiro atoms. The zero-order valence-corrected chi connectivity index (χ0v) is 12.7. The molecule has 0 aliphatic carbocycles. The summed E-state index contributed by atoms with van der Waals surface area (Å²) in [6.07, 6.45) is 1.93. The minimum atomic E-state index is 0.787. The van der Waals surface area contributed by atoms with E-state index in [9.17, 15) is 0 Å². The summed E-state index contributed by atoms with van der Waals surface area (Å²) < 4.78 is 7.22. The maximum absolute atomic E-state index is 5.41. The summed E-state index contributed by atoms with van der Waals surface area (Å²) in [5.41, 5.74) is 2.73. The Hall–Kier alpha value is -3.14. The van der Waals surface area contributed by atoms with E-state index in [2.05, 4.69) is 28.5 Å². The van der Waals surface area contributed by atoms with Gasteiger partial charge in [-0.1, -0.05) is 53.7 Å². The molecule has 0 aliphatic rings. The highest BCUT2D eigenvalue weighted by molar-refractivity contribution is 5.90. The van der Waals surface area contributed by atoms with E-state index in [4.69, 9.17) is 4.74 Å². The lowest BCUT2D eigenvalue weighted by molar-refractivity contribution is 0.416. The molecule has 112 valence electrons. The van der Waals surface area contributed by atoms with Gasteiger partial charge in [0, 0.05) is 10.9 Å². The number of fused-ring (bicyclic) bond motifs is 1. The van der Waals surface area contributed by atoms with Crippen molar-refractivity contribution in [3.8, 4) is 22.7 Å². The number of hydrogen-bond acceptors (Lipinski definition) is 3. The number of para-hydroxylation sites is 1. The van der Waals surface area contributed by atoms with Gasteiger partial charge in [-0.15, -0.1) is 5.10 Å². The lowest BCUT2D eigenvalue weighted by Crippen LogP contribution is -1.95. The van der Waals surface area contributed by atoms with Crippen LogP contribution < -0.4 is 4.74 Å². The van der Waals surface area contributed by atoms with Crippen molar-refractivity contribution in [2.75, 3.05) is 7.11 Å². The molecule has 23 heavy (non-hydrogen) atoms. The van der Waals surface area contributed by atoms with Gasteiger partial charge in [0.2, 0.25) is 0 Å². The maximum atomic E-state index is 5.41. The maximum Gasteiger partial charge on any atom is 0.128 e.